The van der Waals surface area contributed by atoms with Crippen molar-refractivity contribution in [1.82, 2.24) is 0 Å². The lowest BCUT2D eigenvalue weighted by Gasteiger charge is -1.85. The first-order chi connectivity index (χ1) is 9.70. The highest BCUT2D eigenvalue weighted by atomic mass is 13.8. The molecule has 2 rings (SSSR count). The van der Waals surface area contributed by atoms with E-state index in [2.05, 4.69) is 32.7 Å². The summed E-state index contributed by atoms with van der Waals surface area (Å²) < 4.78 is 0. The van der Waals surface area contributed by atoms with Crippen molar-refractivity contribution < 1.29 is 0 Å². The average Bonchev–Trinajstić information content (AvgIpc) is 2.51. The molecule has 0 unspecified atom stereocenters. The van der Waals surface area contributed by atoms with Crippen molar-refractivity contribution in [3.05, 3.63) is 97.3 Å². The fourth-order valence-corrected chi connectivity index (χ4v) is 1.21. The fourth-order valence-electron chi connectivity index (χ4n) is 1.21. The van der Waals surface area contributed by atoms with Gasteiger partial charge in [0.1, 0.15) is 0 Å². The topological polar surface area (TPSA) is 0 Å². The van der Waals surface area contributed by atoms with Gasteiger partial charge in [-0.05, 0) is 17.6 Å². The summed E-state index contributed by atoms with van der Waals surface area (Å²) in [6.45, 7) is 11.2. The molecule has 0 aromatic heterocycles. The van der Waals surface area contributed by atoms with Gasteiger partial charge in [-0.2, -0.15) is 0 Å². The van der Waals surface area contributed by atoms with E-state index in [9.17, 15) is 0 Å². The number of hydrogen-bond acceptors (Lipinski definition) is 0. The number of allylic oxidation sites excluding steroid dienone is 1. The zero-order valence-electron chi connectivity index (χ0n) is 12.5. The van der Waals surface area contributed by atoms with Crippen LogP contribution < -0.4 is 0 Å². The molecule has 0 amide bonds. The summed E-state index contributed by atoms with van der Waals surface area (Å²) >= 11 is 0. The van der Waals surface area contributed by atoms with Gasteiger partial charge in [0.2, 0.25) is 0 Å². The Balaban J connectivity index is 0.000000276. The molecule has 0 bridgehead atoms. The molecule has 0 heterocycles. The Morgan fingerprint density at radius 1 is 0.850 bits per heavy atom. The molecule has 0 N–H and O–H groups in total. The maximum atomic E-state index is 3.63. The van der Waals surface area contributed by atoms with Gasteiger partial charge in [0.15, 0.2) is 0 Å². The predicted molar refractivity (Wildman–Crippen MR) is 91.5 cm³/mol. The lowest BCUT2D eigenvalue weighted by Crippen LogP contribution is -1.72. The van der Waals surface area contributed by atoms with E-state index in [1.165, 1.54) is 5.56 Å². The first kappa shape index (κ1) is 17.7. The van der Waals surface area contributed by atoms with Gasteiger partial charge in [0.25, 0.3) is 0 Å². The normalized spacial score (nSPS) is 8.15. The standard InChI is InChI=1S/C8H8.C6H6.C6H10/c1-2-8-6-4-3-5-7-8;1-2-4-6-5-3-1;1-4-5-6(2)3/h2-7H,1H2;1-6H;5-6H,1H2,2-3H3. The summed E-state index contributed by atoms with van der Waals surface area (Å²) in [5.41, 5.74) is 3.87. The first-order valence-corrected chi connectivity index (χ1v) is 6.74. The zero-order valence-corrected chi connectivity index (χ0v) is 12.5. The van der Waals surface area contributed by atoms with Gasteiger partial charge >= 0.3 is 0 Å². The Hall–Kier alpha value is -2.30. The van der Waals surface area contributed by atoms with Gasteiger partial charge in [-0.3, -0.25) is 0 Å². The third-order valence-electron chi connectivity index (χ3n) is 2.15. The van der Waals surface area contributed by atoms with E-state index >= 15 is 0 Å². The van der Waals surface area contributed by atoms with Crippen molar-refractivity contribution in [1.29, 1.82) is 0 Å². The van der Waals surface area contributed by atoms with Crippen molar-refractivity contribution >= 4 is 6.08 Å². The highest BCUT2D eigenvalue weighted by Crippen LogP contribution is 1.97. The Labute approximate surface area is 123 Å². The molecule has 0 aliphatic heterocycles. The second kappa shape index (κ2) is 13.1. The molecule has 0 radical (unpaired) electrons. The Morgan fingerprint density at radius 3 is 1.45 bits per heavy atom. The van der Waals surface area contributed by atoms with Gasteiger partial charge in [0, 0.05) is 0 Å². The van der Waals surface area contributed by atoms with Crippen LogP contribution in [0.3, 0.4) is 0 Å². The number of hydrogen-bond donors (Lipinski definition) is 0. The van der Waals surface area contributed by atoms with Crippen LogP contribution in [0.2, 0.25) is 0 Å². The molecule has 2 aromatic carbocycles. The first-order valence-electron chi connectivity index (χ1n) is 6.74. The van der Waals surface area contributed by atoms with Crippen molar-refractivity contribution in [3.63, 3.8) is 0 Å². The van der Waals surface area contributed by atoms with Crippen LogP contribution in [0.4, 0.5) is 0 Å². The molecule has 0 atom stereocenters. The van der Waals surface area contributed by atoms with Crippen molar-refractivity contribution in [3.8, 4) is 0 Å². The SMILES string of the molecule is C=C=CC(C)C.C=Cc1ccccc1.c1ccccc1. The molecular weight excluding hydrogens is 240 g/mol. The summed E-state index contributed by atoms with van der Waals surface area (Å²) in [4.78, 5) is 0. The second-order valence-corrected chi connectivity index (χ2v) is 4.38. The van der Waals surface area contributed by atoms with Gasteiger partial charge in [-0.25, -0.2) is 0 Å². The van der Waals surface area contributed by atoms with Crippen LogP contribution in [0, 0.1) is 5.92 Å². The van der Waals surface area contributed by atoms with Crippen LogP contribution in [-0.2, 0) is 0 Å². The van der Waals surface area contributed by atoms with Crippen molar-refractivity contribution in [2.24, 2.45) is 5.92 Å². The Kier molecular flexibility index (Phi) is 11.6. The maximum Gasteiger partial charge on any atom is -0.0215 e. The van der Waals surface area contributed by atoms with Crippen molar-refractivity contribution in [2.45, 2.75) is 13.8 Å². The van der Waals surface area contributed by atoms with Crippen LogP contribution in [0.1, 0.15) is 19.4 Å². The van der Waals surface area contributed by atoms with Gasteiger partial charge in [-0.1, -0.05) is 99.8 Å². The molecule has 0 aliphatic rings. The average molecular weight is 264 g/mol. The third-order valence-corrected chi connectivity index (χ3v) is 2.15. The van der Waals surface area contributed by atoms with E-state index in [-0.39, 0.29) is 0 Å². The molecule has 0 spiro atoms. The van der Waals surface area contributed by atoms with Crippen molar-refractivity contribution in [2.75, 3.05) is 0 Å². The largest absolute Gasteiger partial charge is 0.133 e. The van der Waals surface area contributed by atoms with Crippen LogP contribution in [-0.4, -0.2) is 0 Å². The Bertz CT molecular complexity index is 447. The summed E-state index contributed by atoms with van der Waals surface area (Å²) in [7, 11) is 0. The second-order valence-electron chi connectivity index (χ2n) is 4.38. The molecule has 0 saturated heterocycles. The number of rotatable bonds is 2. The van der Waals surface area contributed by atoms with E-state index in [0.717, 1.165) is 0 Å². The summed E-state index contributed by atoms with van der Waals surface area (Å²) in [6.07, 6.45) is 3.76. The van der Waals surface area contributed by atoms with E-state index in [1.807, 2.05) is 78.9 Å². The Morgan fingerprint density at radius 2 is 1.25 bits per heavy atom. The minimum absolute atomic E-state index is 0.600. The van der Waals surface area contributed by atoms with Crippen LogP contribution >= 0.6 is 0 Å². The highest BCUT2D eigenvalue weighted by Gasteiger charge is 1.76. The van der Waals surface area contributed by atoms with Crippen LogP contribution in [0.15, 0.2) is 91.7 Å². The van der Waals surface area contributed by atoms with E-state index in [1.54, 1.807) is 0 Å². The molecule has 0 aliphatic carbocycles. The quantitative estimate of drug-likeness (QED) is 0.583. The molecule has 0 saturated carbocycles. The molecular formula is C20H24. The van der Waals surface area contributed by atoms with Gasteiger partial charge in [0.05, 0.1) is 0 Å². The fraction of sp³-hybridized carbons (Fsp3) is 0.150. The lowest BCUT2D eigenvalue weighted by molar-refractivity contribution is 0.833. The molecule has 20 heavy (non-hydrogen) atoms. The molecule has 0 heteroatoms. The molecule has 0 nitrogen and oxygen atoms in total. The lowest BCUT2D eigenvalue weighted by atomic mass is 10.2. The minimum atomic E-state index is 0.600. The third kappa shape index (κ3) is 12.2. The number of benzene rings is 2. The molecule has 104 valence electrons. The zero-order chi connectivity index (χ0) is 15.1. The molecule has 2 aromatic rings. The van der Waals surface area contributed by atoms with E-state index in [0.29, 0.717) is 5.92 Å². The minimum Gasteiger partial charge on any atom is -0.133 e. The van der Waals surface area contributed by atoms with E-state index in [4.69, 9.17) is 0 Å². The highest BCUT2D eigenvalue weighted by molar-refractivity contribution is 5.45. The summed E-state index contributed by atoms with van der Waals surface area (Å²) in [5, 5.41) is 0. The van der Waals surface area contributed by atoms with E-state index < -0.39 is 0 Å². The van der Waals surface area contributed by atoms with Gasteiger partial charge < -0.3 is 0 Å². The summed E-state index contributed by atoms with van der Waals surface area (Å²) in [5.74, 6) is 0.600. The maximum absolute atomic E-state index is 3.63. The summed E-state index contributed by atoms with van der Waals surface area (Å²) in [6, 6.07) is 22.0. The van der Waals surface area contributed by atoms with Crippen LogP contribution in [0.25, 0.3) is 6.08 Å². The predicted octanol–water partition coefficient (Wildman–Crippen LogP) is 6.00. The van der Waals surface area contributed by atoms with Crippen LogP contribution in [0.5, 0.6) is 0 Å². The molecule has 0 fully saturated rings. The monoisotopic (exact) mass is 264 g/mol. The van der Waals surface area contributed by atoms with Gasteiger partial charge in [-0.15, -0.1) is 5.73 Å². The smallest absolute Gasteiger partial charge is 0.0215 e.